The van der Waals surface area contributed by atoms with Crippen LogP contribution in [-0.2, 0) is 20.7 Å². The predicted octanol–water partition coefficient (Wildman–Crippen LogP) is 6.83. The minimum absolute atomic E-state index is 0.00502. The molecule has 4 amide bonds. The van der Waals surface area contributed by atoms with Gasteiger partial charge < -0.3 is 18.9 Å². The molecule has 15 heteroatoms. The number of imide groups is 2. The number of rotatable bonds is 11. The zero-order valence-corrected chi connectivity index (χ0v) is 33.8. The van der Waals surface area contributed by atoms with Gasteiger partial charge in [-0.1, -0.05) is 12.1 Å². The smallest absolute Gasteiger partial charge is 0.419 e. The molecule has 2 fully saturated rings. The molecule has 6 heterocycles. The third kappa shape index (κ3) is 7.98. The zero-order valence-electron chi connectivity index (χ0n) is 33.8. The first-order chi connectivity index (χ1) is 29.4. The number of hydrogen-bond acceptors (Lipinski definition) is 12. The van der Waals surface area contributed by atoms with E-state index in [9.17, 15) is 24.0 Å². The van der Waals surface area contributed by atoms with Gasteiger partial charge in [-0.15, -0.1) is 0 Å². The summed E-state index contributed by atoms with van der Waals surface area (Å²) in [5.41, 5.74) is 3.83. The van der Waals surface area contributed by atoms with E-state index in [0.717, 1.165) is 43.5 Å². The Morgan fingerprint density at radius 3 is 2.33 bits per heavy atom. The maximum absolute atomic E-state index is 13.3. The highest BCUT2D eigenvalue weighted by atomic mass is 16.6. The van der Waals surface area contributed by atoms with Crippen LogP contribution in [0.3, 0.4) is 0 Å². The van der Waals surface area contributed by atoms with Crippen LogP contribution in [0.25, 0.3) is 32.9 Å². The summed E-state index contributed by atoms with van der Waals surface area (Å²) in [4.78, 5) is 77.6. The molecule has 4 aromatic heterocycles. The van der Waals surface area contributed by atoms with Gasteiger partial charge in [0.15, 0.2) is 0 Å². The lowest BCUT2D eigenvalue weighted by atomic mass is 9.92. The van der Waals surface area contributed by atoms with Crippen LogP contribution >= 0.6 is 0 Å². The molecule has 1 saturated carbocycles. The van der Waals surface area contributed by atoms with Crippen LogP contribution in [0.15, 0.2) is 91.5 Å². The van der Waals surface area contributed by atoms with Gasteiger partial charge in [0.05, 0.1) is 35.0 Å². The summed E-state index contributed by atoms with van der Waals surface area (Å²) in [5, 5.41) is 3.97. The molecule has 2 aliphatic heterocycles. The topological polar surface area (TPSA) is 181 Å². The quantitative estimate of drug-likeness (QED) is 0.106. The number of nitrogens with zero attached hydrogens (tertiary/aromatic N) is 5. The normalized spacial score (nSPS) is 18.8. The monoisotopic (exact) mass is 822 g/mol. The summed E-state index contributed by atoms with van der Waals surface area (Å²) >= 11 is 0. The molecule has 1 aliphatic carbocycles. The fourth-order valence-electron chi connectivity index (χ4n) is 7.85. The molecule has 310 valence electrons. The molecule has 1 atom stereocenters. The Kier molecular flexibility index (Phi) is 10.2. The lowest BCUT2D eigenvalue weighted by molar-refractivity contribution is -0.136. The van der Waals surface area contributed by atoms with Gasteiger partial charge in [0.2, 0.25) is 17.7 Å². The van der Waals surface area contributed by atoms with Crippen molar-refractivity contribution in [2.45, 2.75) is 83.1 Å². The second-order valence-electron chi connectivity index (χ2n) is 16.4. The van der Waals surface area contributed by atoms with Gasteiger partial charge in [-0.3, -0.25) is 39.4 Å². The lowest BCUT2D eigenvalue weighted by Crippen LogP contribution is -2.54. The third-order valence-corrected chi connectivity index (χ3v) is 10.9. The van der Waals surface area contributed by atoms with Gasteiger partial charge in [-0.2, -0.15) is 0 Å². The average Bonchev–Trinajstić information content (AvgIpc) is 3.68. The summed E-state index contributed by atoms with van der Waals surface area (Å²) in [6.07, 6.45) is 9.31. The molecule has 6 aromatic rings. The fourth-order valence-corrected chi connectivity index (χ4v) is 7.85. The van der Waals surface area contributed by atoms with Crippen LogP contribution in [0.5, 0.6) is 17.4 Å². The average molecular weight is 823 g/mol. The van der Waals surface area contributed by atoms with E-state index in [1.165, 1.54) is 12.1 Å². The van der Waals surface area contributed by atoms with Crippen LogP contribution in [0.2, 0.25) is 0 Å². The first-order valence-corrected chi connectivity index (χ1v) is 20.2. The summed E-state index contributed by atoms with van der Waals surface area (Å²) in [6.45, 7) is 5.89. The summed E-state index contributed by atoms with van der Waals surface area (Å²) in [7, 11) is 0. The van der Waals surface area contributed by atoms with Crippen molar-refractivity contribution in [3.8, 4) is 28.5 Å². The number of amides is 4. The van der Waals surface area contributed by atoms with Crippen molar-refractivity contribution in [2.75, 3.05) is 6.61 Å². The van der Waals surface area contributed by atoms with Gasteiger partial charge in [0.1, 0.15) is 35.3 Å². The standard InChI is InChI=1S/C46H42N6O9/c1-46(2,3)61-45(57)51-37-16-17-47-25-36(37)33-11-6-26(19-39(33)51)27-7-15-41(49-23-27)60-32-20-31(21-32)59-30-9-8-28(48-24-30)5-4-18-58-29-10-12-34-35(22-29)44(56)52(43(34)55)38-13-14-40(53)50-42(38)54/h6-12,15-17,19,22-25,31-32,38H,4-5,13-14,18,20-21H2,1-3H3,(H,50,53,54)/t31?,32?,38-/m1/s1. The van der Waals surface area contributed by atoms with Crippen LogP contribution < -0.4 is 19.5 Å². The number of piperidine rings is 1. The first-order valence-electron chi connectivity index (χ1n) is 20.2. The molecule has 15 nitrogen and oxygen atoms in total. The van der Waals surface area contributed by atoms with Crippen molar-refractivity contribution in [2.24, 2.45) is 0 Å². The number of carbonyl (C=O) groups is 5. The summed E-state index contributed by atoms with van der Waals surface area (Å²) < 4.78 is 25.5. The first kappa shape index (κ1) is 39.3. The fraction of sp³-hybridized carbons (Fsp3) is 0.304. The molecule has 0 spiro atoms. The van der Waals surface area contributed by atoms with Crippen molar-refractivity contribution in [3.63, 3.8) is 0 Å². The Hall–Kier alpha value is -7.16. The van der Waals surface area contributed by atoms with Gasteiger partial charge in [0, 0.05) is 65.9 Å². The molecule has 3 aliphatic rings. The minimum atomic E-state index is -1.02. The van der Waals surface area contributed by atoms with Crippen LogP contribution in [-0.4, -0.2) is 84.6 Å². The number of aromatic nitrogens is 4. The number of carbonyl (C=O) groups excluding carboxylic acids is 5. The molecule has 0 radical (unpaired) electrons. The third-order valence-electron chi connectivity index (χ3n) is 10.9. The zero-order chi connectivity index (χ0) is 42.4. The second kappa shape index (κ2) is 15.8. The van der Waals surface area contributed by atoms with Crippen molar-refractivity contribution in [3.05, 3.63) is 108 Å². The Balaban J connectivity index is 0.731. The summed E-state index contributed by atoms with van der Waals surface area (Å²) in [6, 6.07) is 19.1. The molecule has 0 unspecified atom stereocenters. The Labute approximate surface area is 350 Å². The maximum atomic E-state index is 13.3. The molecule has 2 aromatic carbocycles. The van der Waals surface area contributed by atoms with Crippen molar-refractivity contribution in [1.29, 1.82) is 0 Å². The summed E-state index contributed by atoms with van der Waals surface area (Å²) in [5.74, 6) is -0.567. The van der Waals surface area contributed by atoms with Gasteiger partial charge in [-0.05, 0) is 94.1 Å². The van der Waals surface area contributed by atoms with E-state index in [1.54, 1.807) is 35.4 Å². The van der Waals surface area contributed by atoms with E-state index >= 15 is 0 Å². The van der Waals surface area contributed by atoms with Gasteiger partial charge in [-0.25, -0.2) is 14.3 Å². The van der Waals surface area contributed by atoms with Crippen LogP contribution in [0, 0.1) is 0 Å². The largest absolute Gasteiger partial charge is 0.494 e. The van der Waals surface area contributed by atoms with E-state index in [-0.39, 0.29) is 36.2 Å². The number of benzene rings is 2. The second-order valence-corrected chi connectivity index (χ2v) is 16.4. The van der Waals surface area contributed by atoms with Crippen LogP contribution in [0.1, 0.15) is 79.3 Å². The Morgan fingerprint density at radius 1 is 0.787 bits per heavy atom. The van der Waals surface area contributed by atoms with E-state index in [0.29, 0.717) is 49.7 Å². The lowest BCUT2D eigenvalue weighted by Gasteiger charge is -2.34. The Morgan fingerprint density at radius 2 is 1.57 bits per heavy atom. The van der Waals surface area contributed by atoms with Crippen molar-refractivity contribution in [1.82, 2.24) is 29.7 Å². The SMILES string of the molecule is CC(C)(C)OC(=O)n1c2ccncc2c2ccc(-c3ccc(OC4CC(Oc5ccc(CCCOc6ccc7c(c6)C(=O)N([C@@H]6CCC(=O)NC6=O)C7=O)nc5)C4)nc3)cc21. The van der Waals surface area contributed by atoms with Gasteiger partial charge >= 0.3 is 6.09 Å². The van der Waals surface area contributed by atoms with Crippen molar-refractivity contribution < 1.29 is 42.9 Å². The molecular formula is C46H42N6O9. The van der Waals surface area contributed by atoms with E-state index in [4.69, 9.17) is 18.9 Å². The molecule has 61 heavy (non-hydrogen) atoms. The number of ether oxygens (including phenoxy) is 4. The molecule has 0 bridgehead atoms. The van der Waals surface area contributed by atoms with Crippen LogP contribution in [0.4, 0.5) is 4.79 Å². The Bertz CT molecular complexity index is 2720. The number of hydrogen-bond donors (Lipinski definition) is 1. The highest BCUT2D eigenvalue weighted by Gasteiger charge is 2.44. The number of aryl methyl sites for hydroxylation is 1. The molecule has 1 saturated heterocycles. The molecular weight excluding hydrogens is 781 g/mol. The minimum Gasteiger partial charge on any atom is -0.494 e. The highest BCUT2D eigenvalue weighted by Crippen LogP contribution is 2.35. The van der Waals surface area contributed by atoms with Gasteiger partial charge in [0.25, 0.3) is 11.8 Å². The van der Waals surface area contributed by atoms with Crippen molar-refractivity contribution >= 4 is 51.5 Å². The predicted molar refractivity (Wildman–Crippen MR) is 221 cm³/mol. The molecule has 1 N–H and O–H groups in total. The maximum Gasteiger partial charge on any atom is 0.419 e. The number of nitrogens with one attached hydrogen (secondary N) is 1. The highest BCUT2D eigenvalue weighted by molar-refractivity contribution is 6.23. The van der Waals surface area contributed by atoms with E-state index < -0.39 is 41.4 Å². The van der Waals surface area contributed by atoms with E-state index in [2.05, 4.69) is 20.3 Å². The number of fused-ring (bicyclic) bond motifs is 4. The van der Waals surface area contributed by atoms with E-state index in [1.807, 2.05) is 69.3 Å². The number of pyridine rings is 3. The molecule has 9 rings (SSSR count).